The van der Waals surface area contributed by atoms with E-state index in [1.54, 1.807) is 4.52 Å². The summed E-state index contributed by atoms with van der Waals surface area (Å²) in [7, 11) is 0. The first-order valence-electron chi connectivity index (χ1n) is 8.81. The van der Waals surface area contributed by atoms with Crippen LogP contribution in [-0.2, 0) is 22.6 Å². The maximum atomic E-state index is 12.4. The van der Waals surface area contributed by atoms with Gasteiger partial charge in [-0.05, 0) is 38.7 Å². The zero-order valence-corrected chi connectivity index (χ0v) is 16.9. The Hall–Kier alpha value is -2.94. The van der Waals surface area contributed by atoms with Crippen molar-refractivity contribution in [2.45, 2.75) is 39.0 Å². The summed E-state index contributed by atoms with van der Waals surface area (Å²) in [5.41, 5.74) is 5.08. The van der Waals surface area contributed by atoms with E-state index < -0.39 is 0 Å². The standard InChI is InChI=1S/C19H20N6O2S/c1-11-5-6-16-21-14(9-24(16)8-11)10-27-17(26)7-15-12(2)20-18-22-19(28-4)23-25(18)13(15)3/h5-6,8-9H,7,10H2,1-4H3. The second-order valence-corrected chi connectivity index (χ2v) is 7.39. The molecule has 144 valence electrons. The number of pyridine rings is 1. The summed E-state index contributed by atoms with van der Waals surface area (Å²) in [4.78, 5) is 25.7. The molecule has 28 heavy (non-hydrogen) atoms. The van der Waals surface area contributed by atoms with Gasteiger partial charge in [-0.15, -0.1) is 5.10 Å². The number of hydrogen-bond acceptors (Lipinski definition) is 7. The van der Waals surface area contributed by atoms with E-state index in [1.165, 1.54) is 11.8 Å². The highest BCUT2D eigenvalue weighted by Gasteiger charge is 2.17. The van der Waals surface area contributed by atoms with E-state index in [1.807, 2.05) is 56.0 Å². The molecule has 0 saturated carbocycles. The van der Waals surface area contributed by atoms with E-state index in [0.717, 1.165) is 28.2 Å². The molecule has 0 aliphatic carbocycles. The number of esters is 1. The number of thioether (sulfide) groups is 1. The van der Waals surface area contributed by atoms with E-state index >= 15 is 0 Å². The van der Waals surface area contributed by atoms with Crippen molar-refractivity contribution in [3.63, 3.8) is 0 Å². The molecule has 0 saturated heterocycles. The molecule has 0 aromatic carbocycles. The number of fused-ring (bicyclic) bond motifs is 2. The van der Waals surface area contributed by atoms with Gasteiger partial charge >= 0.3 is 5.97 Å². The quantitative estimate of drug-likeness (QED) is 0.379. The number of imidazole rings is 1. The molecule has 0 unspecified atom stereocenters. The molecule has 0 bridgehead atoms. The lowest BCUT2D eigenvalue weighted by Gasteiger charge is -2.09. The van der Waals surface area contributed by atoms with E-state index in [9.17, 15) is 4.79 Å². The number of rotatable bonds is 5. The molecule has 0 aliphatic rings. The molecule has 4 rings (SSSR count). The van der Waals surface area contributed by atoms with Gasteiger partial charge in [0, 0.05) is 29.3 Å². The maximum absolute atomic E-state index is 12.4. The maximum Gasteiger partial charge on any atom is 0.310 e. The Morgan fingerprint density at radius 3 is 2.75 bits per heavy atom. The van der Waals surface area contributed by atoms with Crippen LogP contribution < -0.4 is 0 Å². The van der Waals surface area contributed by atoms with Crippen LogP contribution in [0.3, 0.4) is 0 Å². The first-order valence-corrected chi connectivity index (χ1v) is 10.0. The molecule has 4 aromatic heterocycles. The molecule has 0 fully saturated rings. The predicted molar refractivity (Wildman–Crippen MR) is 105 cm³/mol. The lowest BCUT2D eigenvalue weighted by atomic mass is 10.1. The topological polar surface area (TPSA) is 86.7 Å². The van der Waals surface area contributed by atoms with E-state index in [2.05, 4.69) is 20.1 Å². The summed E-state index contributed by atoms with van der Waals surface area (Å²) in [6, 6.07) is 3.94. The summed E-state index contributed by atoms with van der Waals surface area (Å²) >= 11 is 1.45. The molecular formula is C19H20N6O2S. The van der Waals surface area contributed by atoms with Crippen molar-refractivity contribution in [2.75, 3.05) is 6.26 Å². The zero-order valence-electron chi connectivity index (χ0n) is 16.1. The zero-order chi connectivity index (χ0) is 19.8. The van der Waals surface area contributed by atoms with E-state index in [0.29, 0.717) is 16.6 Å². The Balaban J connectivity index is 1.49. The lowest BCUT2D eigenvalue weighted by Crippen LogP contribution is -2.13. The van der Waals surface area contributed by atoms with Crippen LogP contribution in [0, 0.1) is 20.8 Å². The van der Waals surface area contributed by atoms with Crippen molar-refractivity contribution < 1.29 is 9.53 Å². The average Bonchev–Trinajstić information content (AvgIpc) is 3.26. The minimum Gasteiger partial charge on any atom is -0.459 e. The largest absolute Gasteiger partial charge is 0.459 e. The van der Waals surface area contributed by atoms with Crippen molar-refractivity contribution in [2.24, 2.45) is 0 Å². The molecule has 0 N–H and O–H groups in total. The first-order chi connectivity index (χ1) is 13.4. The van der Waals surface area contributed by atoms with Gasteiger partial charge < -0.3 is 9.14 Å². The number of hydrogen-bond donors (Lipinski definition) is 0. The third kappa shape index (κ3) is 3.45. The lowest BCUT2D eigenvalue weighted by molar-refractivity contribution is -0.144. The van der Waals surface area contributed by atoms with Gasteiger partial charge in [0.1, 0.15) is 12.3 Å². The Kier molecular flexibility index (Phi) is 4.76. The van der Waals surface area contributed by atoms with Crippen molar-refractivity contribution in [3.8, 4) is 0 Å². The Morgan fingerprint density at radius 2 is 1.96 bits per heavy atom. The van der Waals surface area contributed by atoms with E-state index in [4.69, 9.17) is 4.74 Å². The second-order valence-electron chi connectivity index (χ2n) is 6.61. The Labute approximate surface area is 166 Å². The molecule has 0 aliphatic heterocycles. The van der Waals surface area contributed by atoms with Crippen LogP contribution in [0.5, 0.6) is 0 Å². The summed E-state index contributed by atoms with van der Waals surface area (Å²) in [6.45, 7) is 5.93. The number of ether oxygens (including phenoxy) is 1. The highest BCUT2D eigenvalue weighted by Crippen LogP contribution is 2.18. The van der Waals surface area contributed by atoms with Crippen LogP contribution in [0.25, 0.3) is 11.4 Å². The fraction of sp³-hybridized carbons (Fsp3) is 0.316. The van der Waals surface area contributed by atoms with Gasteiger partial charge in [0.25, 0.3) is 5.78 Å². The van der Waals surface area contributed by atoms with Gasteiger partial charge in [-0.1, -0.05) is 17.8 Å². The van der Waals surface area contributed by atoms with Crippen molar-refractivity contribution in [1.82, 2.24) is 29.0 Å². The molecule has 0 spiro atoms. The molecule has 9 heteroatoms. The highest BCUT2D eigenvalue weighted by atomic mass is 32.2. The monoisotopic (exact) mass is 396 g/mol. The summed E-state index contributed by atoms with van der Waals surface area (Å²) < 4.78 is 9.05. The van der Waals surface area contributed by atoms with Crippen molar-refractivity contribution in [1.29, 1.82) is 0 Å². The first kappa shape index (κ1) is 18.4. The van der Waals surface area contributed by atoms with Crippen LogP contribution in [0.15, 0.2) is 29.7 Å². The van der Waals surface area contributed by atoms with Crippen LogP contribution >= 0.6 is 11.8 Å². The normalized spacial score (nSPS) is 11.4. The summed E-state index contributed by atoms with van der Waals surface area (Å²) in [5.74, 6) is 0.210. The average molecular weight is 396 g/mol. The molecule has 8 nitrogen and oxygen atoms in total. The van der Waals surface area contributed by atoms with Crippen LogP contribution in [0.2, 0.25) is 0 Å². The fourth-order valence-corrected chi connectivity index (χ4v) is 3.44. The SMILES string of the molecule is CSc1nc2nc(C)c(CC(=O)OCc3cn4cc(C)ccc4n3)c(C)n2n1. The van der Waals surface area contributed by atoms with E-state index in [-0.39, 0.29) is 19.0 Å². The fourth-order valence-electron chi connectivity index (χ4n) is 3.11. The Morgan fingerprint density at radius 1 is 1.14 bits per heavy atom. The number of aryl methyl sites for hydroxylation is 3. The molecule has 4 heterocycles. The highest BCUT2D eigenvalue weighted by molar-refractivity contribution is 7.98. The van der Waals surface area contributed by atoms with Gasteiger partial charge in [-0.3, -0.25) is 4.79 Å². The third-order valence-electron chi connectivity index (χ3n) is 4.56. The number of nitrogens with zero attached hydrogens (tertiary/aromatic N) is 6. The van der Waals surface area contributed by atoms with Gasteiger partial charge in [0.05, 0.1) is 12.1 Å². The minimum absolute atomic E-state index is 0.127. The smallest absolute Gasteiger partial charge is 0.310 e. The third-order valence-corrected chi connectivity index (χ3v) is 5.10. The number of carbonyl (C=O) groups excluding carboxylic acids is 1. The van der Waals surface area contributed by atoms with Crippen molar-refractivity contribution >= 4 is 29.2 Å². The number of aromatic nitrogens is 6. The van der Waals surface area contributed by atoms with Crippen LogP contribution in [0.4, 0.5) is 0 Å². The van der Waals surface area contributed by atoms with Gasteiger partial charge in [-0.25, -0.2) is 14.5 Å². The molecule has 0 amide bonds. The molecule has 0 atom stereocenters. The van der Waals surface area contributed by atoms with Crippen LogP contribution in [0.1, 0.15) is 28.2 Å². The number of carbonyl (C=O) groups is 1. The Bertz CT molecular complexity index is 1200. The molecule has 0 radical (unpaired) electrons. The summed E-state index contributed by atoms with van der Waals surface area (Å²) in [6.07, 6.45) is 5.90. The second kappa shape index (κ2) is 7.23. The van der Waals surface area contributed by atoms with Crippen molar-refractivity contribution in [3.05, 3.63) is 52.7 Å². The predicted octanol–water partition coefficient (Wildman–Crippen LogP) is 2.71. The van der Waals surface area contributed by atoms with Gasteiger partial charge in [-0.2, -0.15) is 4.98 Å². The molecule has 4 aromatic rings. The van der Waals surface area contributed by atoms with Crippen LogP contribution in [-0.4, -0.2) is 41.2 Å². The molecular weight excluding hydrogens is 376 g/mol. The summed E-state index contributed by atoms with van der Waals surface area (Å²) in [5, 5.41) is 5.06. The van der Waals surface area contributed by atoms with Gasteiger partial charge in [0.2, 0.25) is 5.16 Å². The minimum atomic E-state index is -0.328. The van der Waals surface area contributed by atoms with Gasteiger partial charge in [0.15, 0.2) is 0 Å².